The molecule has 1 N–H and O–H groups in total. The van der Waals surface area contributed by atoms with Gasteiger partial charge in [0, 0.05) is 18.9 Å². The summed E-state index contributed by atoms with van der Waals surface area (Å²) in [4.78, 5) is 8.71. The number of hydrogen-bond acceptors (Lipinski definition) is 5. The average Bonchev–Trinajstić information content (AvgIpc) is 3.13. The van der Waals surface area contributed by atoms with Crippen molar-refractivity contribution in [2.24, 2.45) is 0 Å². The Balaban J connectivity index is 1.85. The largest absolute Gasteiger partial charge is 0.467 e. The van der Waals surface area contributed by atoms with Crippen molar-refractivity contribution in [2.45, 2.75) is 20.0 Å². The summed E-state index contributed by atoms with van der Waals surface area (Å²) >= 11 is 0. The zero-order valence-corrected chi connectivity index (χ0v) is 11.2. The third-order valence-corrected chi connectivity index (χ3v) is 2.83. The third-order valence-electron chi connectivity index (χ3n) is 2.83. The van der Waals surface area contributed by atoms with Crippen LogP contribution in [0.2, 0.25) is 0 Å². The minimum Gasteiger partial charge on any atom is -0.467 e. The smallest absolute Gasteiger partial charge is 0.260 e. The van der Waals surface area contributed by atoms with E-state index in [0.29, 0.717) is 18.1 Å². The summed E-state index contributed by atoms with van der Waals surface area (Å²) in [5.41, 5.74) is 0.693. The molecular formula is C14H16N4O2. The number of nitrogens with zero attached hydrogens (tertiary/aromatic N) is 3. The van der Waals surface area contributed by atoms with Crippen LogP contribution in [-0.2, 0) is 6.61 Å². The monoisotopic (exact) mass is 272 g/mol. The highest BCUT2D eigenvalue weighted by Gasteiger charge is 2.09. The molecule has 0 saturated carbocycles. The molecule has 0 radical (unpaired) electrons. The SMILES string of the molecule is CCCNc1cn2ccnc2c(OCc2ccco2)n1. The van der Waals surface area contributed by atoms with E-state index in [1.54, 1.807) is 12.5 Å². The first-order valence-corrected chi connectivity index (χ1v) is 6.59. The van der Waals surface area contributed by atoms with Crippen molar-refractivity contribution in [1.82, 2.24) is 14.4 Å². The van der Waals surface area contributed by atoms with Crippen molar-refractivity contribution in [1.29, 1.82) is 0 Å². The van der Waals surface area contributed by atoms with Gasteiger partial charge in [0.1, 0.15) is 18.2 Å². The summed E-state index contributed by atoms with van der Waals surface area (Å²) in [6.07, 6.45) is 8.15. The Morgan fingerprint density at radius 2 is 2.40 bits per heavy atom. The van der Waals surface area contributed by atoms with Crippen LogP contribution in [0.4, 0.5) is 5.82 Å². The maximum Gasteiger partial charge on any atom is 0.260 e. The molecule has 3 aromatic rings. The Kier molecular flexibility index (Phi) is 3.54. The second-order valence-corrected chi connectivity index (χ2v) is 4.38. The fourth-order valence-corrected chi connectivity index (χ4v) is 1.87. The van der Waals surface area contributed by atoms with Gasteiger partial charge in [-0.25, -0.2) is 4.98 Å². The van der Waals surface area contributed by atoms with E-state index in [9.17, 15) is 0 Å². The molecule has 104 valence electrons. The van der Waals surface area contributed by atoms with Crippen LogP contribution >= 0.6 is 0 Å². The number of hydrogen-bond donors (Lipinski definition) is 1. The first kappa shape index (κ1) is 12.5. The standard InChI is InChI=1S/C14H16N4O2/c1-2-5-15-12-9-18-7-6-16-13(18)14(17-12)20-10-11-4-3-8-19-11/h3-4,6-9,15H,2,5,10H2,1H3. The zero-order chi connectivity index (χ0) is 13.8. The fourth-order valence-electron chi connectivity index (χ4n) is 1.87. The van der Waals surface area contributed by atoms with Crippen molar-refractivity contribution in [3.63, 3.8) is 0 Å². The van der Waals surface area contributed by atoms with E-state index < -0.39 is 0 Å². The number of aromatic nitrogens is 3. The average molecular weight is 272 g/mol. The topological polar surface area (TPSA) is 64.6 Å². The van der Waals surface area contributed by atoms with Gasteiger partial charge in [0.05, 0.1) is 12.5 Å². The molecule has 0 bridgehead atoms. The number of fused-ring (bicyclic) bond motifs is 1. The van der Waals surface area contributed by atoms with Gasteiger partial charge < -0.3 is 14.5 Å². The van der Waals surface area contributed by atoms with Gasteiger partial charge in [-0.3, -0.25) is 4.40 Å². The lowest BCUT2D eigenvalue weighted by molar-refractivity contribution is 0.262. The molecule has 6 nitrogen and oxygen atoms in total. The molecule has 0 spiro atoms. The predicted octanol–water partition coefficient (Wildman–Crippen LogP) is 2.72. The molecular weight excluding hydrogens is 256 g/mol. The molecule has 3 heterocycles. The van der Waals surface area contributed by atoms with Crippen LogP contribution in [0.3, 0.4) is 0 Å². The van der Waals surface area contributed by atoms with Crippen molar-refractivity contribution < 1.29 is 9.15 Å². The molecule has 0 aliphatic carbocycles. The quantitative estimate of drug-likeness (QED) is 0.747. The Labute approximate surface area is 116 Å². The molecule has 0 atom stereocenters. The Bertz CT molecular complexity index is 676. The summed E-state index contributed by atoms with van der Waals surface area (Å²) in [6, 6.07) is 3.69. The van der Waals surface area contributed by atoms with Crippen molar-refractivity contribution in [3.8, 4) is 5.88 Å². The molecule has 0 aliphatic heterocycles. The Morgan fingerprint density at radius 3 is 3.20 bits per heavy atom. The molecule has 3 aromatic heterocycles. The van der Waals surface area contributed by atoms with E-state index in [1.807, 2.05) is 28.9 Å². The second-order valence-electron chi connectivity index (χ2n) is 4.38. The lowest BCUT2D eigenvalue weighted by Gasteiger charge is -2.09. The Morgan fingerprint density at radius 1 is 1.45 bits per heavy atom. The lowest BCUT2D eigenvalue weighted by Crippen LogP contribution is -2.06. The van der Waals surface area contributed by atoms with Crippen LogP contribution < -0.4 is 10.1 Å². The third kappa shape index (κ3) is 2.59. The number of anilines is 1. The van der Waals surface area contributed by atoms with Gasteiger partial charge in [0.2, 0.25) is 5.65 Å². The molecule has 20 heavy (non-hydrogen) atoms. The first-order valence-electron chi connectivity index (χ1n) is 6.59. The van der Waals surface area contributed by atoms with E-state index in [1.165, 1.54) is 0 Å². The molecule has 0 aliphatic rings. The predicted molar refractivity (Wildman–Crippen MR) is 74.8 cm³/mol. The maximum absolute atomic E-state index is 5.71. The van der Waals surface area contributed by atoms with Gasteiger partial charge >= 0.3 is 0 Å². The van der Waals surface area contributed by atoms with E-state index in [0.717, 1.165) is 24.5 Å². The summed E-state index contributed by atoms with van der Waals surface area (Å²) < 4.78 is 12.9. The van der Waals surface area contributed by atoms with Crippen LogP contribution in [0.1, 0.15) is 19.1 Å². The molecule has 0 amide bonds. The number of ether oxygens (including phenoxy) is 1. The molecule has 0 aromatic carbocycles. The molecule has 0 saturated heterocycles. The van der Waals surface area contributed by atoms with E-state index in [-0.39, 0.29) is 0 Å². The summed E-state index contributed by atoms with van der Waals surface area (Å²) in [5.74, 6) is 2.02. The van der Waals surface area contributed by atoms with Crippen LogP contribution in [0.15, 0.2) is 41.4 Å². The summed E-state index contributed by atoms with van der Waals surface area (Å²) in [5, 5.41) is 3.25. The highest BCUT2D eigenvalue weighted by Crippen LogP contribution is 2.20. The molecule has 6 heteroatoms. The summed E-state index contributed by atoms with van der Waals surface area (Å²) in [6.45, 7) is 3.31. The van der Waals surface area contributed by atoms with Gasteiger partial charge in [-0.05, 0) is 18.6 Å². The van der Waals surface area contributed by atoms with Crippen molar-refractivity contribution >= 4 is 11.5 Å². The van der Waals surface area contributed by atoms with Gasteiger partial charge in [-0.2, -0.15) is 4.98 Å². The normalized spacial score (nSPS) is 10.8. The highest BCUT2D eigenvalue weighted by molar-refractivity contribution is 5.53. The van der Waals surface area contributed by atoms with Crippen LogP contribution in [0.25, 0.3) is 5.65 Å². The first-order chi connectivity index (χ1) is 9.86. The molecule has 0 unspecified atom stereocenters. The van der Waals surface area contributed by atoms with Crippen molar-refractivity contribution in [3.05, 3.63) is 42.7 Å². The number of rotatable bonds is 6. The minimum absolute atomic E-state index is 0.333. The van der Waals surface area contributed by atoms with Gasteiger partial charge in [-0.1, -0.05) is 6.92 Å². The zero-order valence-electron chi connectivity index (χ0n) is 11.2. The van der Waals surface area contributed by atoms with Gasteiger partial charge in [0.15, 0.2) is 0 Å². The van der Waals surface area contributed by atoms with Crippen LogP contribution in [0, 0.1) is 0 Å². The second kappa shape index (κ2) is 5.64. The van der Waals surface area contributed by atoms with E-state index >= 15 is 0 Å². The van der Waals surface area contributed by atoms with Crippen molar-refractivity contribution in [2.75, 3.05) is 11.9 Å². The number of imidazole rings is 1. The number of nitrogens with one attached hydrogen (secondary N) is 1. The minimum atomic E-state index is 0.333. The van der Waals surface area contributed by atoms with Gasteiger partial charge in [0.25, 0.3) is 5.88 Å². The Hall–Kier alpha value is -2.50. The maximum atomic E-state index is 5.71. The van der Waals surface area contributed by atoms with E-state index in [2.05, 4.69) is 22.2 Å². The summed E-state index contributed by atoms with van der Waals surface area (Å²) in [7, 11) is 0. The van der Waals surface area contributed by atoms with Crippen LogP contribution in [0.5, 0.6) is 5.88 Å². The molecule has 0 fully saturated rings. The fraction of sp³-hybridized carbons (Fsp3) is 0.286. The highest BCUT2D eigenvalue weighted by atomic mass is 16.5. The van der Waals surface area contributed by atoms with Gasteiger partial charge in [-0.15, -0.1) is 0 Å². The molecule has 3 rings (SSSR count). The van der Waals surface area contributed by atoms with Crippen LogP contribution in [-0.4, -0.2) is 20.9 Å². The number of furan rings is 1. The van der Waals surface area contributed by atoms with E-state index in [4.69, 9.17) is 9.15 Å². The lowest BCUT2D eigenvalue weighted by atomic mass is 10.4.